The first-order chi connectivity index (χ1) is 14.0. The van der Waals surface area contributed by atoms with Gasteiger partial charge in [0.2, 0.25) is 11.8 Å². The van der Waals surface area contributed by atoms with Gasteiger partial charge in [-0.3, -0.25) is 9.59 Å². The zero-order valence-electron chi connectivity index (χ0n) is 16.7. The van der Waals surface area contributed by atoms with Crippen molar-refractivity contribution in [2.75, 3.05) is 18.9 Å². The molecule has 3 aromatic rings. The van der Waals surface area contributed by atoms with Crippen molar-refractivity contribution < 1.29 is 9.59 Å². The van der Waals surface area contributed by atoms with Gasteiger partial charge in [0.05, 0.1) is 6.54 Å². The molecule has 0 saturated heterocycles. The highest BCUT2D eigenvalue weighted by Crippen LogP contribution is 2.28. The van der Waals surface area contributed by atoms with Crippen LogP contribution in [0, 0.1) is 6.92 Å². The molecular formula is C24H25N3O2. The number of anilines is 1. The molecule has 0 saturated carbocycles. The van der Waals surface area contributed by atoms with E-state index < -0.39 is 0 Å². The maximum atomic E-state index is 12.9. The molecule has 0 aliphatic heterocycles. The predicted molar refractivity (Wildman–Crippen MR) is 115 cm³/mol. The average molecular weight is 387 g/mol. The van der Waals surface area contributed by atoms with Gasteiger partial charge < -0.3 is 10.2 Å². The van der Waals surface area contributed by atoms with Gasteiger partial charge in [-0.05, 0) is 35.7 Å². The van der Waals surface area contributed by atoms with Crippen molar-refractivity contribution in [1.82, 2.24) is 9.88 Å². The van der Waals surface area contributed by atoms with Gasteiger partial charge in [-0.1, -0.05) is 60.7 Å². The van der Waals surface area contributed by atoms with Crippen molar-refractivity contribution in [3.8, 4) is 0 Å². The molecule has 5 nitrogen and oxygen atoms in total. The lowest BCUT2D eigenvalue weighted by molar-refractivity contribution is -0.133. The summed E-state index contributed by atoms with van der Waals surface area (Å²) in [7, 11) is 1.65. The fourth-order valence-corrected chi connectivity index (χ4v) is 3.22. The molecule has 0 aliphatic carbocycles. The van der Waals surface area contributed by atoms with Crippen LogP contribution in [0.25, 0.3) is 0 Å². The van der Waals surface area contributed by atoms with Crippen LogP contribution >= 0.6 is 0 Å². The van der Waals surface area contributed by atoms with E-state index in [1.165, 1.54) is 4.90 Å². The zero-order chi connectivity index (χ0) is 20.6. The first-order valence-corrected chi connectivity index (χ1v) is 9.59. The topological polar surface area (TPSA) is 62.3 Å². The number of amides is 2. The predicted octanol–water partition coefficient (Wildman–Crippen LogP) is 4.01. The molecule has 0 aliphatic rings. The Hall–Kier alpha value is -3.47. The van der Waals surface area contributed by atoms with Gasteiger partial charge in [0.25, 0.3) is 0 Å². The smallest absolute Gasteiger partial charge is 0.245 e. The molecule has 29 heavy (non-hydrogen) atoms. The number of aromatic nitrogens is 1. The van der Waals surface area contributed by atoms with Crippen molar-refractivity contribution in [1.29, 1.82) is 0 Å². The minimum atomic E-state index is -0.269. The van der Waals surface area contributed by atoms with Gasteiger partial charge in [-0.25, -0.2) is 4.98 Å². The van der Waals surface area contributed by atoms with E-state index in [-0.39, 0.29) is 24.3 Å². The number of nitrogens with zero attached hydrogens (tertiary/aromatic N) is 2. The minimum Gasteiger partial charge on any atom is -0.336 e. The average Bonchev–Trinajstić information content (AvgIpc) is 2.73. The summed E-state index contributed by atoms with van der Waals surface area (Å²) in [4.78, 5) is 30.8. The number of benzene rings is 2. The molecule has 2 aromatic carbocycles. The van der Waals surface area contributed by atoms with Gasteiger partial charge in [0.1, 0.15) is 5.82 Å². The summed E-state index contributed by atoms with van der Waals surface area (Å²) in [5.74, 6) is 0.0705. The SMILES string of the molecule is Cc1ccnc(NC(=O)CN(C)C(=O)CC(c2ccccc2)c2ccccc2)c1. The van der Waals surface area contributed by atoms with E-state index in [0.717, 1.165) is 16.7 Å². The number of pyridine rings is 1. The number of nitrogens with one attached hydrogen (secondary N) is 1. The van der Waals surface area contributed by atoms with Crippen LogP contribution < -0.4 is 5.32 Å². The summed E-state index contributed by atoms with van der Waals surface area (Å²) in [5.41, 5.74) is 3.16. The maximum absolute atomic E-state index is 12.9. The molecule has 0 spiro atoms. The van der Waals surface area contributed by atoms with E-state index in [0.29, 0.717) is 12.2 Å². The second-order valence-corrected chi connectivity index (χ2v) is 7.09. The molecule has 0 unspecified atom stereocenters. The summed E-state index contributed by atoms with van der Waals surface area (Å²) in [6, 6.07) is 23.6. The van der Waals surface area contributed by atoms with Gasteiger partial charge in [-0.15, -0.1) is 0 Å². The van der Waals surface area contributed by atoms with Gasteiger partial charge in [0.15, 0.2) is 0 Å². The summed E-state index contributed by atoms with van der Waals surface area (Å²) in [5, 5.41) is 2.74. The summed E-state index contributed by atoms with van der Waals surface area (Å²) < 4.78 is 0. The molecule has 0 bridgehead atoms. The second kappa shape index (κ2) is 9.64. The molecule has 0 radical (unpaired) electrons. The van der Waals surface area contributed by atoms with Crippen LogP contribution in [-0.2, 0) is 9.59 Å². The standard InChI is InChI=1S/C24H25N3O2/c1-18-13-14-25-22(15-18)26-23(28)17-27(2)24(29)16-21(19-9-5-3-6-10-19)20-11-7-4-8-12-20/h3-15,21H,16-17H2,1-2H3,(H,25,26,28). The summed E-state index contributed by atoms with van der Waals surface area (Å²) >= 11 is 0. The molecule has 1 heterocycles. The third-order valence-corrected chi connectivity index (χ3v) is 4.77. The van der Waals surface area contributed by atoms with E-state index in [1.807, 2.05) is 73.7 Å². The molecule has 5 heteroatoms. The van der Waals surface area contributed by atoms with Crippen molar-refractivity contribution >= 4 is 17.6 Å². The molecule has 0 atom stereocenters. The summed E-state index contributed by atoms with van der Waals surface area (Å²) in [6.07, 6.45) is 1.94. The van der Waals surface area contributed by atoms with E-state index >= 15 is 0 Å². The number of aryl methyl sites for hydroxylation is 1. The van der Waals surface area contributed by atoms with Crippen LogP contribution in [0.3, 0.4) is 0 Å². The number of hydrogen-bond donors (Lipinski definition) is 1. The van der Waals surface area contributed by atoms with Crippen molar-refractivity contribution in [3.63, 3.8) is 0 Å². The minimum absolute atomic E-state index is 0.0231. The number of carbonyl (C=O) groups excluding carboxylic acids is 2. The number of hydrogen-bond acceptors (Lipinski definition) is 3. The molecule has 148 valence electrons. The highest BCUT2D eigenvalue weighted by molar-refractivity contribution is 5.93. The van der Waals surface area contributed by atoms with Crippen LogP contribution in [0.4, 0.5) is 5.82 Å². The largest absolute Gasteiger partial charge is 0.336 e. The highest BCUT2D eigenvalue weighted by atomic mass is 16.2. The monoisotopic (exact) mass is 387 g/mol. The molecule has 0 fully saturated rings. The zero-order valence-corrected chi connectivity index (χ0v) is 16.7. The van der Waals surface area contributed by atoms with Gasteiger partial charge >= 0.3 is 0 Å². The first-order valence-electron chi connectivity index (χ1n) is 9.59. The van der Waals surface area contributed by atoms with E-state index in [9.17, 15) is 9.59 Å². The Bertz CT molecular complexity index is 919. The lowest BCUT2D eigenvalue weighted by atomic mass is 9.88. The summed E-state index contributed by atoms with van der Waals surface area (Å²) in [6.45, 7) is 1.91. The van der Waals surface area contributed by atoms with Crippen LogP contribution in [0.15, 0.2) is 79.0 Å². The Labute approximate surface area is 171 Å². The van der Waals surface area contributed by atoms with Gasteiger partial charge in [-0.2, -0.15) is 0 Å². The van der Waals surface area contributed by atoms with Crippen LogP contribution in [-0.4, -0.2) is 35.3 Å². The van der Waals surface area contributed by atoms with Crippen LogP contribution in [0.1, 0.15) is 29.0 Å². The fourth-order valence-electron chi connectivity index (χ4n) is 3.22. The Kier molecular flexibility index (Phi) is 6.74. The lowest BCUT2D eigenvalue weighted by Gasteiger charge is -2.22. The van der Waals surface area contributed by atoms with Crippen LogP contribution in [0.5, 0.6) is 0 Å². The molecule has 1 aromatic heterocycles. The maximum Gasteiger partial charge on any atom is 0.245 e. The lowest BCUT2D eigenvalue weighted by Crippen LogP contribution is -2.35. The quantitative estimate of drug-likeness (QED) is 0.666. The van der Waals surface area contributed by atoms with Crippen LogP contribution in [0.2, 0.25) is 0 Å². The van der Waals surface area contributed by atoms with E-state index in [1.54, 1.807) is 19.3 Å². The van der Waals surface area contributed by atoms with Crippen molar-refractivity contribution in [2.45, 2.75) is 19.3 Å². The second-order valence-electron chi connectivity index (χ2n) is 7.09. The van der Waals surface area contributed by atoms with Gasteiger partial charge in [0, 0.05) is 25.6 Å². The number of carbonyl (C=O) groups is 2. The normalized spacial score (nSPS) is 10.6. The fraction of sp³-hybridized carbons (Fsp3) is 0.208. The first kappa shape index (κ1) is 20.3. The van der Waals surface area contributed by atoms with Crippen molar-refractivity contribution in [3.05, 3.63) is 95.7 Å². The van der Waals surface area contributed by atoms with E-state index in [2.05, 4.69) is 10.3 Å². The number of likely N-dealkylation sites (N-methyl/N-ethyl adjacent to an activating group) is 1. The Morgan fingerprint density at radius 3 is 2.10 bits per heavy atom. The Morgan fingerprint density at radius 2 is 1.55 bits per heavy atom. The number of rotatable bonds is 7. The Balaban J connectivity index is 1.66. The van der Waals surface area contributed by atoms with E-state index in [4.69, 9.17) is 0 Å². The highest BCUT2D eigenvalue weighted by Gasteiger charge is 2.21. The molecular weight excluding hydrogens is 362 g/mol. The molecule has 2 amide bonds. The van der Waals surface area contributed by atoms with Crippen molar-refractivity contribution in [2.24, 2.45) is 0 Å². The third kappa shape index (κ3) is 5.75. The molecule has 1 N–H and O–H groups in total. The third-order valence-electron chi connectivity index (χ3n) is 4.77. The Morgan fingerprint density at radius 1 is 0.966 bits per heavy atom. The molecule has 3 rings (SSSR count).